The molecule has 1 rings (SSSR count). The van der Waals surface area contributed by atoms with Gasteiger partial charge < -0.3 is 5.32 Å². The van der Waals surface area contributed by atoms with Crippen molar-refractivity contribution >= 4 is 11.8 Å². The van der Waals surface area contributed by atoms with Gasteiger partial charge in [-0.3, -0.25) is 0 Å². The van der Waals surface area contributed by atoms with Crippen LogP contribution < -0.4 is 5.32 Å². The van der Waals surface area contributed by atoms with Crippen LogP contribution in [0.2, 0.25) is 0 Å². The molecule has 0 aliphatic rings. The largest absolute Gasteiger partial charge is 0.303 e. The Morgan fingerprint density at radius 2 is 2.00 bits per heavy atom. The van der Waals surface area contributed by atoms with Crippen molar-refractivity contribution in [3.63, 3.8) is 0 Å². The molecule has 2 nitrogen and oxygen atoms in total. The quantitative estimate of drug-likeness (QED) is 0.593. The van der Waals surface area contributed by atoms with Crippen LogP contribution in [0, 0.1) is 11.3 Å². The summed E-state index contributed by atoms with van der Waals surface area (Å²) in [7, 11) is 1.85. The molecule has 1 unspecified atom stereocenters. The molecule has 92 valence electrons. The third kappa shape index (κ3) is 5.25. The Kier molecular flexibility index (Phi) is 6.10. The van der Waals surface area contributed by atoms with Gasteiger partial charge in [0, 0.05) is 4.90 Å². The zero-order valence-corrected chi connectivity index (χ0v) is 11.4. The van der Waals surface area contributed by atoms with Crippen molar-refractivity contribution < 1.29 is 0 Å². The second kappa shape index (κ2) is 7.37. The van der Waals surface area contributed by atoms with Crippen LogP contribution in [0.5, 0.6) is 0 Å². The highest BCUT2D eigenvalue weighted by atomic mass is 32.2. The van der Waals surface area contributed by atoms with E-state index in [4.69, 9.17) is 5.26 Å². The Morgan fingerprint density at radius 1 is 1.29 bits per heavy atom. The Labute approximate surface area is 108 Å². The molecule has 3 heteroatoms. The molecule has 0 aliphatic heterocycles. The van der Waals surface area contributed by atoms with E-state index in [1.807, 2.05) is 31.8 Å². The third-order valence-corrected chi connectivity index (χ3v) is 3.98. The fraction of sp³-hybridized carbons (Fsp3) is 0.500. The molecule has 0 amide bonds. The van der Waals surface area contributed by atoms with E-state index in [9.17, 15) is 0 Å². The van der Waals surface area contributed by atoms with Gasteiger partial charge in [0.25, 0.3) is 0 Å². The molecular formula is C14H20N2S. The van der Waals surface area contributed by atoms with Gasteiger partial charge in [0.1, 0.15) is 5.54 Å². The fourth-order valence-corrected chi connectivity index (χ4v) is 2.46. The average molecular weight is 248 g/mol. The van der Waals surface area contributed by atoms with Gasteiger partial charge >= 0.3 is 0 Å². The fourth-order valence-electron chi connectivity index (χ4n) is 1.52. The number of rotatable bonds is 7. The van der Waals surface area contributed by atoms with Crippen LogP contribution in [0.3, 0.4) is 0 Å². The Hall–Kier alpha value is -0.980. The van der Waals surface area contributed by atoms with Crippen molar-refractivity contribution in [2.45, 2.75) is 36.6 Å². The number of thioether (sulfide) groups is 1. The van der Waals surface area contributed by atoms with E-state index in [1.165, 1.54) is 4.90 Å². The number of unbranched alkanes of at least 4 members (excludes halogenated alkanes) is 1. The van der Waals surface area contributed by atoms with Crippen molar-refractivity contribution in [3.05, 3.63) is 30.3 Å². The smallest absolute Gasteiger partial charge is 0.103 e. The molecular weight excluding hydrogens is 228 g/mol. The van der Waals surface area contributed by atoms with Gasteiger partial charge in [-0.05, 0) is 51.1 Å². The minimum atomic E-state index is -0.364. The average Bonchev–Trinajstić information content (AvgIpc) is 2.39. The molecule has 1 atom stereocenters. The van der Waals surface area contributed by atoms with Crippen LogP contribution in [0.15, 0.2) is 35.2 Å². The van der Waals surface area contributed by atoms with E-state index >= 15 is 0 Å². The second-order valence-electron chi connectivity index (χ2n) is 4.31. The summed E-state index contributed by atoms with van der Waals surface area (Å²) in [5.74, 6) is 1.12. The standard InChI is InChI=1S/C14H20N2S/c1-14(12-15,16-2)10-6-7-11-17-13-8-4-3-5-9-13/h3-5,8-9,16H,6-7,10-11H2,1-2H3. The first kappa shape index (κ1) is 14.1. The molecule has 0 spiro atoms. The highest BCUT2D eigenvalue weighted by Crippen LogP contribution is 2.20. The molecule has 1 aromatic carbocycles. The summed E-state index contributed by atoms with van der Waals surface area (Å²) < 4.78 is 0. The summed E-state index contributed by atoms with van der Waals surface area (Å²) in [4.78, 5) is 1.32. The highest BCUT2D eigenvalue weighted by Gasteiger charge is 2.19. The maximum atomic E-state index is 9.00. The molecule has 0 aliphatic carbocycles. The number of hydrogen-bond acceptors (Lipinski definition) is 3. The van der Waals surface area contributed by atoms with Crippen molar-refractivity contribution in [1.82, 2.24) is 5.32 Å². The third-order valence-electron chi connectivity index (χ3n) is 2.88. The minimum Gasteiger partial charge on any atom is -0.303 e. The van der Waals surface area contributed by atoms with Gasteiger partial charge in [-0.15, -0.1) is 11.8 Å². The number of nitrogens with one attached hydrogen (secondary N) is 1. The van der Waals surface area contributed by atoms with Crippen molar-refractivity contribution in [2.75, 3.05) is 12.8 Å². The molecule has 1 aromatic rings. The van der Waals surface area contributed by atoms with Crippen LogP contribution in [0.4, 0.5) is 0 Å². The monoisotopic (exact) mass is 248 g/mol. The van der Waals surface area contributed by atoms with Crippen LogP contribution in [-0.2, 0) is 0 Å². The molecule has 0 saturated carbocycles. The number of benzene rings is 1. The van der Waals surface area contributed by atoms with E-state index in [0.717, 1.165) is 25.0 Å². The lowest BCUT2D eigenvalue weighted by Crippen LogP contribution is -2.37. The van der Waals surface area contributed by atoms with Gasteiger partial charge in [0.2, 0.25) is 0 Å². The van der Waals surface area contributed by atoms with E-state index < -0.39 is 0 Å². The van der Waals surface area contributed by atoms with E-state index in [1.54, 1.807) is 0 Å². The topological polar surface area (TPSA) is 35.8 Å². The van der Waals surface area contributed by atoms with Crippen LogP contribution in [0.25, 0.3) is 0 Å². The Morgan fingerprint density at radius 3 is 2.59 bits per heavy atom. The molecule has 0 radical (unpaired) electrons. The summed E-state index contributed by atoms with van der Waals surface area (Å²) in [5.41, 5.74) is -0.364. The predicted molar refractivity (Wildman–Crippen MR) is 74.1 cm³/mol. The molecule has 0 bridgehead atoms. The normalized spacial score (nSPS) is 13.9. The van der Waals surface area contributed by atoms with E-state index in [2.05, 4.69) is 35.7 Å². The summed E-state index contributed by atoms with van der Waals surface area (Å²) in [6.45, 7) is 1.96. The van der Waals surface area contributed by atoms with Gasteiger partial charge in [-0.1, -0.05) is 18.2 Å². The van der Waals surface area contributed by atoms with Crippen LogP contribution >= 0.6 is 11.8 Å². The first-order chi connectivity index (χ1) is 8.20. The molecule has 0 saturated heterocycles. The van der Waals surface area contributed by atoms with Crippen LogP contribution in [-0.4, -0.2) is 18.3 Å². The lowest BCUT2D eigenvalue weighted by atomic mass is 9.97. The van der Waals surface area contributed by atoms with Crippen molar-refractivity contribution in [3.8, 4) is 6.07 Å². The Balaban J connectivity index is 2.16. The Bertz CT molecular complexity index is 358. The van der Waals surface area contributed by atoms with Crippen LogP contribution in [0.1, 0.15) is 26.2 Å². The molecule has 0 aromatic heterocycles. The number of nitriles is 1. The molecule has 0 fully saturated rings. The molecule has 0 heterocycles. The van der Waals surface area contributed by atoms with Crippen molar-refractivity contribution in [2.24, 2.45) is 0 Å². The van der Waals surface area contributed by atoms with Crippen molar-refractivity contribution in [1.29, 1.82) is 5.26 Å². The predicted octanol–water partition coefficient (Wildman–Crippen LogP) is 3.45. The molecule has 17 heavy (non-hydrogen) atoms. The van der Waals surface area contributed by atoms with Gasteiger partial charge in [-0.25, -0.2) is 0 Å². The maximum absolute atomic E-state index is 9.00. The minimum absolute atomic E-state index is 0.364. The van der Waals surface area contributed by atoms with E-state index in [0.29, 0.717) is 0 Å². The zero-order chi connectivity index (χ0) is 12.6. The zero-order valence-electron chi connectivity index (χ0n) is 10.6. The first-order valence-electron chi connectivity index (χ1n) is 5.98. The van der Waals surface area contributed by atoms with E-state index in [-0.39, 0.29) is 5.54 Å². The van der Waals surface area contributed by atoms with Gasteiger partial charge in [0.15, 0.2) is 0 Å². The lowest BCUT2D eigenvalue weighted by molar-refractivity contribution is 0.439. The molecule has 1 N–H and O–H groups in total. The first-order valence-corrected chi connectivity index (χ1v) is 6.97. The van der Waals surface area contributed by atoms with Gasteiger partial charge in [-0.2, -0.15) is 5.26 Å². The SMILES string of the molecule is CNC(C)(C#N)CCCCSc1ccccc1. The highest BCUT2D eigenvalue weighted by molar-refractivity contribution is 7.99. The number of hydrogen-bond donors (Lipinski definition) is 1. The second-order valence-corrected chi connectivity index (χ2v) is 5.48. The van der Waals surface area contributed by atoms with Gasteiger partial charge in [0.05, 0.1) is 6.07 Å². The summed E-state index contributed by atoms with van der Waals surface area (Å²) in [5, 5.41) is 12.1. The lowest BCUT2D eigenvalue weighted by Gasteiger charge is -2.20. The summed E-state index contributed by atoms with van der Waals surface area (Å²) in [6, 6.07) is 12.8. The number of nitrogens with zero attached hydrogens (tertiary/aromatic N) is 1. The summed E-state index contributed by atoms with van der Waals surface area (Å²) >= 11 is 1.88. The summed E-state index contributed by atoms with van der Waals surface area (Å²) in [6.07, 6.45) is 3.15. The maximum Gasteiger partial charge on any atom is 0.103 e.